The molecule has 5 saturated heterocycles. The standard InChI is InChI=1S/C45H76N2O15/c1-17-33-45(13,52)38-28(7)40(50)46-24(3)19-44(12,55-22-23(2)21-54-38)37(62-42-36(58-30(9)48)32(47(14)15)18-25(4)56-42)26(5)35(27(6)41(51)60-33)61-34-20-43(11,53-16)39(29(8)57-34)59-31(10)49/h24-29,32-39,42,52H,2,17-22H2,1,3-16H3,(H,46,50)/t24-,25-,26+,27-,28-,29+,32+,33-,34+,35+,36-,37-,38-,39+,42+,43-,44-,45-/m1/s1. The summed E-state index contributed by atoms with van der Waals surface area (Å²) in [4.78, 5) is 55.7. The largest absolute Gasteiger partial charge is 0.459 e. The van der Waals surface area contributed by atoms with Crippen molar-refractivity contribution in [3.05, 3.63) is 12.2 Å². The Morgan fingerprint density at radius 2 is 1.55 bits per heavy atom. The number of carbonyl (C=O) groups is 4. The number of nitrogens with one attached hydrogen (secondary N) is 1. The fourth-order valence-electron chi connectivity index (χ4n) is 9.90. The molecule has 1 amide bonds. The monoisotopic (exact) mass is 885 g/mol. The predicted octanol–water partition coefficient (Wildman–Crippen LogP) is 3.85. The van der Waals surface area contributed by atoms with Crippen molar-refractivity contribution in [2.45, 2.75) is 199 Å². The zero-order chi connectivity index (χ0) is 46.6. The molecule has 0 aliphatic carbocycles. The van der Waals surface area contributed by atoms with Crippen molar-refractivity contribution in [3.8, 4) is 0 Å². The molecule has 0 aromatic carbocycles. The van der Waals surface area contributed by atoms with Gasteiger partial charge in [-0.25, -0.2) is 0 Å². The second-order valence-electron chi connectivity index (χ2n) is 19.0. The average Bonchev–Trinajstić information content (AvgIpc) is 3.17. The Morgan fingerprint density at radius 3 is 2.13 bits per heavy atom. The molecule has 356 valence electrons. The van der Waals surface area contributed by atoms with Gasteiger partial charge >= 0.3 is 17.9 Å². The first-order valence-corrected chi connectivity index (χ1v) is 22.1. The third-order valence-electron chi connectivity index (χ3n) is 13.2. The van der Waals surface area contributed by atoms with Crippen LogP contribution in [0.3, 0.4) is 0 Å². The number of amides is 1. The molecular weight excluding hydrogens is 808 g/mol. The van der Waals surface area contributed by atoms with Crippen molar-refractivity contribution in [1.29, 1.82) is 0 Å². The number of fused-ring (bicyclic) bond motifs is 15. The third kappa shape index (κ3) is 11.9. The van der Waals surface area contributed by atoms with Gasteiger partial charge in [-0.2, -0.15) is 0 Å². The maximum Gasteiger partial charge on any atom is 0.311 e. The number of hydrogen-bond donors (Lipinski definition) is 2. The minimum atomic E-state index is -1.85. The summed E-state index contributed by atoms with van der Waals surface area (Å²) in [6.07, 6.45) is -8.13. The van der Waals surface area contributed by atoms with Crippen molar-refractivity contribution in [3.63, 3.8) is 0 Å². The van der Waals surface area contributed by atoms with Crippen LogP contribution in [0, 0.1) is 17.8 Å². The van der Waals surface area contributed by atoms with Crippen molar-refractivity contribution >= 4 is 23.8 Å². The lowest BCUT2D eigenvalue weighted by Crippen LogP contribution is -2.62. The number of likely N-dealkylation sites (N-methyl/N-ethyl adjacent to an activating group) is 1. The average molecular weight is 885 g/mol. The van der Waals surface area contributed by atoms with Crippen LogP contribution in [0.2, 0.25) is 0 Å². The van der Waals surface area contributed by atoms with Gasteiger partial charge in [-0.05, 0) is 87.4 Å². The first kappa shape index (κ1) is 51.9. The molecule has 2 N–H and O–H groups in total. The molecule has 5 aliphatic heterocycles. The molecular formula is C45H76N2O15. The fourth-order valence-corrected chi connectivity index (χ4v) is 9.90. The summed E-state index contributed by atoms with van der Waals surface area (Å²) < 4.78 is 64.2. The summed E-state index contributed by atoms with van der Waals surface area (Å²) in [7, 11) is 5.31. The lowest BCUT2D eigenvalue weighted by Gasteiger charge is -2.50. The van der Waals surface area contributed by atoms with Crippen molar-refractivity contribution in [1.82, 2.24) is 10.2 Å². The Hall–Kier alpha value is -2.74. The highest BCUT2D eigenvalue weighted by Crippen LogP contribution is 2.42. The summed E-state index contributed by atoms with van der Waals surface area (Å²) in [5.41, 5.74) is -3.70. The lowest BCUT2D eigenvalue weighted by atomic mass is 9.78. The van der Waals surface area contributed by atoms with E-state index in [0.717, 1.165) is 0 Å². The van der Waals surface area contributed by atoms with Gasteiger partial charge in [-0.15, -0.1) is 0 Å². The van der Waals surface area contributed by atoms with E-state index in [1.165, 1.54) is 27.9 Å². The Kier molecular flexibility index (Phi) is 17.6. The summed E-state index contributed by atoms with van der Waals surface area (Å²) >= 11 is 0. The summed E-state index contributed by atoms with van der Waals surface area (Å²) in [5.74, 6) is -4.84. The van der Waals surface area contributed by atoms with Gasteiger partial charge in [-0.1, -0.05) is 27.4 Å². The number of rotatable bonds is 9. The van der Waals surface area contributed by atoms with Crippen LogP contribution in [0.4, 0.5) is 0 Å². The summed E-state index contributed by atoms with van der Waals surface area (Å²) in [5, 5.41) is 15.4. The van der Waals surface area contributed by atoms with Gasteiger partial charge in [-0.3, -0.25) is 19.2 Å². The molecule has 17 nitrogen and oxygen atoms in total. The van der Waals surface area contributed by atoms with Gasteiger partial charge in [0.25, 0.3) is 0 Å². The van der Waals surface area contributed by atoms with Gasteiger partial charge < -0.3 is 62.7 Å². The molecule has 5 rings (SSSR count). The molecule has 2 bridgehead atoms. The number of methoxy groups -OCH3 is 1. The summed E-state index contributed by atoms with van der Waals surface area (Å²) in [6, 6.07) is -0.838. The van der Waals surface area contributed by atoms with Crippen molar-refractivity contribution < 1.29 is 71.7 Å². The predicted molar refractivity (Wildman–Crippen MR) is 225 cm³/mol. The van der Waals surface area contributed by atoms with E-state index in [9.17, 15) is 24.3 Å². The minimum absolute atomic E-state index is 0.0106. The van der Waals surface area contributed by atoms with E-state index in [-0.39, 0.29) is 44.6 Å². The maximum absolute atomic E-state index is 14.7. The molecule has 0 spiro atoms. The zero-order valence-corrected chi connectivity index (χ0v) is 39.7. The molecule has 17 heteroatoms. The van der Waals surface area contributed by atoms with Gasteiger partial charge in [0, 0.05) is 39.3 Å². The van der Waals surface area contributed by atoms with Crippen LogP contribution >= 0.6 is 0 Å². The van der Waals surface area contributed by atoms with Crippen LogP contribution in [0.25, 0.3) is 0 Å². The van der Waals surface area contributed by atoms with Gasteiger partial charge in [0.05, 0.1) is 61.1 Å². The molecule has 0 aromatic heterocycles. The van der Waals surface area contributed by atoms with Crippen molar-refractivity contribution in [2.24, 2.45) is 17.8 Å². The van der Waals surface area contributed by atoms with Gasteiger partial charge in [0.15, 0.2) is 24.8 Å². The first-order chi connectivity index (χ1) is 28.8. The van der Waals surface area contributed by atoms with Gasteiger partial charge in [0.1, 0.15) is 23.4 Å². The highest BCUT2D eigenvalue weighted by molar-refractivity contribution is 5.79. The van der Waals surface area contributed by atoms with Crippen LogP contribution in [-0.2, 0) is 66.5 Å². The molecule has 0 unspecified atom stereocenters. The molecule has 0 aromatic rings. The van der Waals surface area contributed by atoms with Crippen LogP contribution in [0.15, 0.2) is 12.2 Å². The minimum Gasteiger partial charge on any atom is -0.459 e. The molecule has 0 saturated carbocycles. The van der Waals surface area contributed by atoms with Crippen LogP contribution in [0.5, 0.6) is 0 Å². The number of aliphatic hydroxyl groups is 1. The lowest BCUT2D eigenvalue weighted by molar-refractivity contribution is -0.321. The SMILES string of the molecule is C=C1CO[C@@H]2[C@@H](C)C(=O)N[C@H](C)C[C@@](C)(OC1)[C@H](O[C@@H]1O[C@H](C)C[C@H](N(C)C)[C@H]1OC(C)=O)[C@@H](C)[C@H](O[C@H]1C[C@@](C)(OC)[C@@H](OC(C)=O)[C@H](C)O1)[C@@H](C)C(=O)O[C@H](CC)[C@@]2(C)O. The molecule has 0 radical (unpaired) electrons. The van der Waals surface area contributed by atoms with E-state index in [2.05, 4.69) is 11.9 Å². The topological polar surface area (TPSA) is 196 Å². The Morgan fingerprint density at radius 1 is 0.903 bits per heavy atom. The molecule has 5 aliphatic rings. The second kappa shape index (κ2) is 21.0. The molecule has 5 fully saturated rings. The quantitative estimate of drug-likeness (QED) is 0.192. The Bertz CT molecular complexity index is 1580. The Balaban J connectivity index is 1.97. The first-order valence-electron chi connectivity index (χ1n) is 22.1. The van der Waals surface area contributed by atoms with E-state index >= 15 is 0 Å². The smallest absolute Gasteiger partial charge is 0.311 e. The van der Waals surface area contributed by atoms with Crippen LogP contribution < -0.4 is 5.32 Å². The third-order valence-corrected chi connectivity index (χ3v) is 13.2. The zero-order valence-electron chi connectivity index (χ0n) is 39.7. The number of nitrogens with zero attached hydrogens (tertiary/aromatic N) is 1. The number of hydrogen-bond acceptors (Lipinski definition) is 16. The molecule has 18 atom stereocenters. The Labute approximate surface area is 368 Å². The van der Waals surface area contributed by atoms with Crippen molar-refractivity contribution in [2.75, 3.05) is 34.4 Å². The molecule has 62 heavy (non-hydrogen) atoms. The van der Waals surface area contributed by atoms with Crippen LogP contribution in [-0.4, -0.2) is 159 Å². The highest BCUT2D eigenvalue weighted by atomic mass is 16.7. The number of esters is 3. The van der Waals surface area contributed by atoms with E-state index in [4.69, 9.17) is 47.4 Å². The van der Waals surface area contributed by atoms with E-state index in [1.807, 2.05) is 46.7 Å². The fraction of sp³-hybridized carbons (Fsp3) is 0.867. The van der Waals surface area contributed by atoms with E-state index < -0.39 is 120 Å². The van der Waals surface area contributed by atoms with E-state index in [0.29, 0.717) is 12.0 Å². The maximum atomic E-state index is 14.7. The summed E-state index contributed by atoms with van der Waals surface area (Å²) in [6.45, 7) is 24.5. The highest BCUT2D eigenvalue weighted by Gasteiger charge is 2.55. The number of carbonyl (C=O) groups excluding carboxylic acids is 4. The van der Waals surface area contributed by atoms with Gasteiger partial charge in [0.2, 0.25) is 5.91 Å². The van der Waals surface area contributed by atoms with Crippen LogP contribution in [0.1, 0.15) is 109 Å². The van der Waals surface area contributed by atoms with E-state index in [1.54, 1.807) is 34.6 Å². The molecule has 5 heterocycles. The second-order valence-corrected chi connectivity index (χ2v) is 19.0. The normalized spacial score (nSPS) is 44.1. The number of ether oxygens (including phenoxy) is 10.